The van der Waals surface area contributed by atoms with Crippen LogP contribution in [0.1, 0.15) is 5.56 Å². The van der Waals surface area contributed by atoms with E-state index in [1.165, 1.54) is 9.21 Å². The third-order valence-corrected chi connectivity index (χ3v) is 7.34. The van der Waals surface area contributed by atoms with Crippen molar-refractivity contribution in [1.82, 2.24) is 19.0 Å². The third-order valence-electron chi connectivity index (χ3n) is 5.43. The minimum absolute atomic E-state index is 0.158. The van der Waals surface area contributed by atoms with Gasteiger partial charge in [0.15, 0.2) is 0 Å². The zero-order chi connectivity index (χ0) is 22.2. The van der Waals surface area contributed by atoms with Crippen LogP contribution in [0.3, 0.4) is 0 Å². The molecule has 1 N–H and O–H groups in total. The van der Waals surface area contributed by atoms with Gasteiger partial charge in [-0.15, -0.1) is 0 Å². The molecule has 4 rings (SSSR count). The number of H-pyrrole nitrogens is 1. The van der Waals surface area contributed by atoms with Crippen LogP contribution in [0.4, 0.5) is 0 Å². The van der Waals surface area contributed by atoms with Crippen LogP contribution in [0.2, 0.25) is 0 Å². The molecule has 2 aromatic carbocycles. The quantitative estimate of drug-likeness (QED) is 0.633. The Balaban J connectivity index is 1.46. The number of aromatic amines is 1. The average Bonchev–Trinajstić information content (AvgIpc) is 2.77. The summed E-state index contributed by atoms with van der Waals surface area (Å²) in [5.41, 5.74) is 0.0671. The molecule has 0 spiro atoms. The molecule has 10 heteroatoms. The van der Waals surface area contributed by atoms with E-state index in [0.29, 0.717) is 0 Å². The van der Waals surface area contributed by atoms with E-state index in [1.54, 1.807) is 48.5 Å². The number of aryl methyl sites for hydroxylation is 1. The molecule has 0 aliphatic carbocycles. The van der Waals surface area contributed by atoms with Gasteiger partial charge in [0.25, 0.3) is 11.1 Å². The number of carbonyl (C=O) groups is 1. The fourth-order valence-corrected chi connectivity index (χ4v) is 5.05. The van der Waals surface area contributed by atoms with E-state index >= 15 is 0 Å². The summed E-state index contributed by atoms with van der Waals surface area (Å²) in [5, 5.41) is 2.96. The van der Waals surface area contributed by atoms with Crippen LogP contribution in [0.25, 0.3) is 10.8 Å². The summed E-state index contributed by atoms with van der Waals surface area (Å²) in [4.78, 5) is 39.2. The Morgan fingerprint density at radius 1 is 0.935 bits per heavy atom. The van der Waals surface area contributed by atoms with Crippen LogP contribution in [0.5, 0.6) is 0 Å². The first-order chi connectivity index (χ1) is 14.8. The molecule has 1 aliphatic rings. The van der Waals surface area contributed by atoms with Gasteiger partial charge in [0, 0.05) is 26.2 Å². The number of aromatic nitrogens is 2. The Kier molecular flexibility index (Phi) is 5.50. The zero-order valence-corrected chi connectivity index (χ0v) is 17.8. The summed E-state index contributed by atoms with van der Waals surface area (Å²) in [6.45, 7) is 2.29. The summed E-state index contributed by atoms with van der Waals surface area (Å²) in [6, 6.07) is 13.1. The second-order valence-corrected chi connectivity index (χ2v) is 9.41. The lowest BCUT2D eigenvalue weighted by Crippen LogP contribution is -2.51. The lowest BCUT2D eigenvalue weighted by atomic mass is 10.2. The van der Waals surface area contributed by atoms with E-state index in [0.717, 1.165) is 10.2 Å². The van der Waals surface area contributed by atoms with Gasteiger partial charge in [-0.05, 0) is 31.2 Å². The molecule has 0 atom stereocenters. The van der Waals surface area contributed by atoms with Crippen molar-refractivity contribution in [3.05, 3.63) is 74.8 Å². The van der Waals surface area contributed by atoms with Crippen molar-refractivity contribution in [3.8, 4) is 0 Å². The number of nitrogens with one attached hydrogen (secondary N) is 1. The van der Waals surface area contributed by atoms with Crippen molar-refractivity contribution in [2.24, 2.45) is 0 Å². The maximum Gasteiger partial charge on any atom is 0.273 e. The summed E-state index contributed by atoms with van der Waals surface area (Å²) >= 11 is 0. The predicted molar refractivity (Wildman–Crippen MR) is 115 cm³/mol. The monoisotopic (exact) mass is 442 g/mol. The van der Waals surface area contributed by atoms with Crippen LogP contribution >= 0.6 is 0 Å². The number of carbonyl (C=O) groups excluding carboxylic acids is 1. The summed E-state index contributed by atoms with van der Waals surface area (Å²) in [5.74, 6) is -0.361. The third kappa shape index (κ3) is 4.04. The summed E-state index contributed by atoms with van der Waals surface area (Å²) in [6.07, 6.45) is 0. The van der Waals surface area contributed by atoms with Crippen molar-refractivity contribution >= 4 is 26.7 Å². The maximum atomic E-state index is 12.8. The highest BCUT2D eigenvalue weighted by Gasteiger charge is 2.30. The summed E-state index contributed by atoms with van der Waals surface area (Å²) < 4.78 is 28.0. The highest BCUT2D eigenvalue weighted by Crippen LogP contribution is 2.18. The van der Waals surface area contributed by atoms with E-state index in [4.69, 9.17) is 0 Å². The standard InChI is InChI=1S/C21H22N4O5S/c1-15-6-8-16(9-7-15)31(29,30)24-12-10-23(11-13-24)19(26)14-25-21(28)18-5-3-2-4-17(18)20(27)22-25/h2-9H,10-14H2,1H3,(H,22,27). The second-order valence-electron chi connectivity index (χ2n) is 7.48. The molecule has 1 aliphatic heterocycles. The van der Waals surface area contributed by atoms with Crippen LogP contribution in [-0.2, 0) is 21.4 Å². The van der Waals surface area contributed by atoms with Crippen molar-refractivity contribution in [2.45, 2.75) is 18.4 Å². The van der Waals surface area contributed by atoms with E-state index in [-0.39, 0.29) is 54.3 Å². The van der Waals surface area contributed by atoms with Crippen LogP contribution < -0.4 is 11.1 Å². The number of rotatable bonds is 4. The molecular formula is C21H22N4O5S. The normalized spacial score (nSPS) is 15.3. The maximum absolute atomic E-state index is 12.8. The van der Waals surface area contributed by atoms with Gasteiger partial charge >= 0.3 is 0 Å². The fraction of sp³-hybridized carbons (Fsp3) is 0.286. The van der Waals surface area contributed by atoms with E-state index in [9.17, 15) is 22.8 Å². The number of piperazine rings is 1. The van der Waals surface area contributed by atoms with E-state index < -0.39 is 21.1 Å². The minimum Gasteiger partial charge on any atom is -0.338 e. The molecule has 1 fully saturated rings. The van der Waals surface area contributed by atoms with Crippen molar-refractivity contribution in [1.29, 1.82) is 0 Å². The van der Waals surface area contributed by atoms with Gasteiger partial charge in [-0.2, -0.15) is 4.31 Å². The molecule has 1 aromatic heterocycles. The highest BCUT2D eigenvalue weighted by molar-refractivity contribution is 7.89. The molecule has 0 radical (unpaired) electrons. The van der Waals surface area contributed by atoms with E-state index in [1.807, 2.05) is 6.92 Å². The SMILES string of the molecule is Cc1ccc(S(=O)(=O)N2CCN(C(=O)Cn3[nH]c(=O)c4ccccc4c3=O)CC2)cc1. The number of hydrogen-bond acceptors (Lipinski definition) is 5. The van der Waals surface area contributed by atoms with Crippen LogP contribution in [-0.4, -0.2) is 59.5 Å². The first-order valence-electron chi connectivity index (χ1n) is 9.84. The Bertz CT molecular complexity index is 1350. The van der Waals surface area contributed by atoms with Crippen molar-refractivity contribution in [3.63, 3.8) is 0 Å². The first-order valence-corrected chi connectivity index (χ1v) is 11.3. The second kappa shape index (κ2) is 8.12. The predicted octanol–water partition coefficient (Wildman–Crippen LogP) is 0.531. The molecule has 9 nitrogen and oxygen atoms in total. The molecule has 1 amide bonds. The van der Waals surface area contributed by atoms with Gasteiger partial charge in [0.05, 0.1) is 15.7 Å². The smallest absolute Gasteiger partial charge is 0.273 e. The molecular weight excluding hydrogens is 420 g/mol. The number of hydrogen-bond donors (Lipinski definition) is 1. The molecule has 2 heterocycles. The van der Waals surface area contributed by atoms with Gasteiger partial charge in [0.1, 0.15) is 6.54 Å². The Labute approximate surface area is 178 Å². The molecule has 162 valence electrons. The van der Waals surface area contributed by atoms with Crippen molar-refractivity contribution in [2.75, 3.05) is 26.2 Å². The largest absolute Gasteiger partial charge is 0.338 e. The number of fused-ring (bicyclic) bond motifs is 1. The van der Waals surface area contributed by atoms with Gasteiger partial charge in [0.2, 0.25) is 15.9 Å². The highest BCUT2D eigenvalue weighted by atomic mass is 32.2. The molecule has 1 saturated heterocycles. The van der Waals surface area contributed by atoms with Gasteiger partial charge in [-0.3, -0.25) is 19.5 Å². The number of benzene rings is 2. The Hall–Kier alpha value is -3.24. The van der Waals surface area contributed by atoms with Gasteiger partial charge in [-0.25, -0.2) is 13.1 Å². The lowest BCUT2D eigenvalue weighted by molar-refractivity contribution is -0.133. The first kappa shape index (κ1) is 21.0. The molecule has 31 heavy (non-hydrogen) atoms. The molecule has 3 aromatic rings. The van der Waals surface area contributed by atoms with Gasteiger partial charge < -0.3 is 4.90 Å². The van der Waals surface area contributed by atoms with Gasteiger partial charge in [-0.1, -0.05) is 29.8 Å². The topological polar surface area (TPSA) is 113 Å². The van der Waals surface area contributed by atoms with Crippen molar-refractivity contribution < 1.29 is 13.2 Å². The Morgan fingerprint density at radius 2 is 1.55 bits per heavy atom. The fourth-order valence-electron chi connectivity index (χ4n) is 3.63. The average molecular weight is 442 g/mol. The number of nitrogens with zero attached hydrogens (tertiary/aromatic N) is 3. The van der Waals surface area contributed by atoms with E-state index in [2.05, 4.69) is 5.10 Å². The minimum atomic E-state index is -3.63. The zero-order valence-electron chi connectivity index (χ0n) is 16.9. The summed E-state index contributed by atoms with van der Waals surface area (Å²) in [7, 11) is -3.63. The lowest BCUT2D eigenvalue weighted by Gasteiger charge is -2.34. The molecule has 0 unspecified atom stereocenters. The molecule has 0 bridgehead atoms. The van der Waals surface area contributed by atoms with Crippen LogP contribution in [0.15, 0.2) is 63.0 Å². The van der Waals surface area contributed by atoms with Crippen LogP contribution in [0, 0.1) is 6.92 Å². The molecule has 0 saturated carbocycles. The number of sulfonamides is 1. The Morgan fingerprint density at radius 3 is 2.19 bits per heavy atom. The number of amides is 1.